The lowest BCUT2D eigenvalue weighted by molar-refractivity contribution is 0.811. The molecule has 2 nitrogen and oxygen atoms in total. The molecule has 1 heterocycles. The molecule has 0 bridgehead atoms. The summed E-state index contributed by atoms with van der Waals surface area (Å²) in [6, 6.07) is 23.8. The topological polar surface area (TPSA) is 17.8 Å². The highest BCUT2D eigenvalue weighted by molar-refractivity contribution is 5.84. The Hall–Kier alpha value is -2.87. The maximum Gasteiger partial charge on any atom is 0.145 e. The van der Waals surface area contributed by atoms with Gasteiger partial charge < -0.3 is 0 Å². The second kappa shape index (κ2) is 7.27. The van der Waals surface area contributed by atoms with E-state index in [2.05, 4.69) is 106 Å². The van der Waals surface area contributed by atoms with Crippen LogP contribution in [0.3, 0.4) is 0 Å². The quantitative estimate of drug-likeness (QED) is 0.371. The van der Waals surface area contributed by atoms with Crippen LogP contribution in [-0.4, -0.2) is 9.55 Å². The molecule has 0 N–H and O–H groups in total. The number of hydrogen-bond acceptors (Lipinski definition) is 1. The third kappa shape index (κ3) is 3.13. The molecule has 0 atom stereocenters. The van der Waals surface area contributed by atoms with Crippen LogP contribution < -0.4 is 0 Å². The predicted octanol–water partition coefficient (Wildman–Crippen LogP) is 7.25. The zero-order chi connectivity index (χ0) is 19.8. The number of nitrogens with zero attached hydrogens (tertiary/aromatic N) is 2. The van der Waals surface area contributed by atoms with Gasteiger partial charge in [0.15, 0.2) is 0 Å². The van der Waals surface area contributed by atoms with Gasteiger partial charge in [-0.05, 0) is 47.6 Å². The molecule has 4 aromatic rings. The largest absolute Gasteiger partial charge is 0.292 e. The molecule has 0 aliphatic rings. The van der Waals surface area contributed by atoms with Crippen LogP contribution in [0.5, 0.6) is 0 Å². The second-order valence-electron chi connectivity index (χ2n) is 8.22. The summed E-state index contributed by atoms with van der Waals surface area (Å²) in [4.78, 5) is 5.08. The summed E-state index contributed by atoms with van der Waals surface area (Å²) in [5.41, 5.74) is 8.61. The summed E-state index contributed by atoms with van der Waals surface area (Å²) < 4.78 is 2.38. The maximum atomic E-state index is 5.08. The fraction of sp³-hybridized carbons (Fsp3) is 0.269. The van der Waals surface area contributed by atoms with Crippen LogP contribution in [-0.2, 0) is 0 Å². The number of hydrogen-bond donors (Lipinski definition) is 0. The molecule has 0 saturated heterocycles. The van der Waals surface area contributed by atoms with Crippen LogP contribution in [0.4, 0.5) is 0 Å². The molecule has 0 amide bonds. The van der Waals surface area contributed by atoms with E-state index < -0.39 is 0 Å². The number of fused-ring (bicyclic) bond motifs is 1. The first-order valence-corrected chi connectivity index (χ1v) is 10.1. The van der Waals surface area contributed by atoms with Crippen LogP contribution in [0.25, 0.3) is 28.1 Å². The highest BCUT2D eigenvalue weighted by atomic mass is 15.1. The Labute approximate surface area is 167 Å². The third-order valence-electron chi connectivity index (χ3n) is 5.41. The van der Waals surface area contributed by atoms with E-state index in [9.17, 15) is 0 Å². The molecule has 28 heavy (non-hydrogen) atoms. The van der Waals surface area contributed by atoms with E-state index in [0.29, 0.717) is 11.8 Å². The minimum absolute atomic E-state index is 0.431. The average molecular weight is 369 g/mol. The normalized spacial score (nSPS) is 11.7. The zero-order valence-corrected chi connectivity index (χ0v) is 17.4. The smallest absolute Gasteiger partial charge is 0.145 e. The van der Waals surface area contributed by atoms with Crippen LogP contribution in [0.15, 0.2) is 66.7 Å². The predicted molar refractivity (Wildman–Crippen MR) is 119 cm³/mol. The van der Waals surface area contributed by atoms with E-state index >= 15 is 0 Å². The highest BCUT2D eigenvalue weighted by Crippen LogP contribution is 2.37. The van der Waals surface area contributed by atoms with Gasteiger partial charge in [0.1, 0.15) is 5.82 Å². The Morgan fingerprint density at radius 3 is 2.00 bits per heavy atom. The van der Waals surface area contributed by atoms with Crippen molar-refractivity contribution >= 4 is 11.0 Å². The fourth-order valence-electron chi connectivity index (χ4n) is 3.97. The standard InChI is InChI=1S/C26H28N2/c1-17(2)21-12-9-13-22(18(3)4)25(21)28-24-15-14-19(5)16-23(24)27-26(28)20-10-7-6-8-11-20/h6-18H,1-5H3. The van der Waals surface area contributed by atoms with Gasteiger partial charge in [0, 0.05) is 5.56 Å². The van der Waals surface area contributed by atoms with Crippen LogP contribution in [0, 0.1) is 6.92 Å². The molecule has 2 heteroatoms. The van der Waals surface area contributed by atoms with Gasteiger partial charge >= 0.3 is 0 Å². The molecule has 3 aromatic carbocycles. The summed E-state index contributed by atoms with van der Waals surface area (Å²) in [5.74, 6) is 1.87. The summed E-state index contributed by atoms with van der Waals surface area (Å²) in [6.45, 7) is 11.2. The van der Waals surface area contributed by atoms with Gasteiger partial charge in [0.05, 0.1) is 16.7 Å². The Balaban J connectivity index is 2.15. The molecule has 0 aliphatic heterocycles. The average Bonchev–Trinajstić information content (AvgIpc) is 3.06. The fourth-order valence-corrected chi connectivity index (χ4v) is 3.97. The van der Waals surface area contributed by atoms with Crippen molar-refractivity contribution in [2.75, 3.05) is 0 Å². The van der Waals surface area contributed by atoms with Crippen LogP contribution in [0.1, 0.15) is 56.2 Å². The molecule has 142 valence electrons. The van der Waals surface area contributed by atoms with Gasteiger partial charge in [-0.1, -0.05) is 82.3 Å². The molecule has 0 spiro atoms. The van der Waals surface area contributed by atoms with Crippen molar-refractivity contribution in [3.05, 3.63) is 83.4 Å². The number of benzene rings is 3. The first kappa shape index (κ1) is 18.5. The molecular weight excluding hydrogens is 340 g/mol. The summed E-state index contributed by atoms with van der Waals surface area (Å²) in [6.07, 6.45) is 0. The number of aryl methyl sites for hydroxylation is 1. The van der Waals surface area contributed by atoms with Gasteiger partial charge in [0.2, 0.25) is 0 Å². The lowest BCUT2D eigenvalue weighted by Crippen LogP contribution is -2.08. The minimum Gasteiger partial charge on any atom is -0.292 e. The minimum atomic E-state index is 0.431. The summed E-state index contributed by atoms with van der Waals surface area (Å²) >= 11 is 0. The van der Waals surface area contributed by atoms with Crippen LogP contribution in [0.2, 0.25) is 0 Å². The SMILES string of the molecule is Cc1ccc2c(c1)nc(-c1ccccc1)n2-c1c(C(C)C)cccc1C(C)C. The van der Waals surface area contributed by atoms with E-state index in [0.717, 1.165) is 16.9 Å². The van der Waals surface area contributed by atoms with Gasteiger partial charge in [-0.15, -0.1) is 0 Å². The Bertz CT molecular complexity index is 1090. The van der Waals surface area contributed by atoms with Gasteiger partial charge in [0.25, 0.3) is 0 Å². The van der Waals surface area contributed by atoms with Crippen molar-refractivity contribution in [3.8, 4) is 17.1 Å². The van der Waals surface area contributed by atoms with E-state index in [1.165, 1.54) is 27.9 Å². The van der Waals surface area contributed by atoms with Crippen LogP contribution >= 0.6 is 0 Å². The van der Waals surface area contributed by atoms with E-state index in [4.69, 9.17) is 4.98 Å². The molecule has 0 saturated carbocycles. The number of aromatic nitrogens is 2. The van der Waals surface area contributed by atoms with Crippen molar-refractivity contribution in [3.63, 3.8) is 0 Å². The van der Waals surface area contributed by atoms with Crippen molar-refractivity contribution in [2.24, 2.45) is 0 Å². The highest BCUT2D eigenvalue weighted by Gasteiger charge is 2.21. The molecule has 0 unspecified atom stereocenters. The van der Waals surface area contributed by atoms with Gasteiger partial charge in [-0.25, -0.2) is 4.98 Å². The molecule has 0 radical (unpaired) electrons. The number of para-hydroxylation sites is 1. The van der Waals surface area contributed by atoms with Gasteiger partial charge in [-0.3, -0.25) is 4.57 Å². The number of imidazole rings is 1. The molecule has 1 aromatic heterocycles. The van der Waals surface area contributed by atoms with E-state index in [-0.39, 0.29) is 0 Å². The van der Waals surface area contributed by atoms with Gasteiger partial charge in [-0.2, -0.15) is 0 Å². The monoisotopic (exact) mass is 368 g/mol. The second-order valence-corrected chi connectivity index (χ2v) is 8.22. The Morgan fingerprint density at radius 1 is 0.750 bits per heavy atom. The summed E-state index contributed by atoms with van der Waals surface area (Å²) in [7, 11) is 0. The van der Waals surface area contributed by atoms with Crippen molar-refractivity contribution in [1.82, 2.24) is 9.55 Å². The zero-order valence-electron chi connectivity index (χ0n) is 17.4. The van der Waals surface area contributed by atoms with E-state index in [1.54, 1.807) is 0 Å². The maximum absolute atomic E-state index is 5.08. The molecule has 0 aliphatic carbocycles. The van der Waals surface area contributed by atoms with Crippen molar-refractivity contribution in [1.29, 1.82) is 0 Å². The first-order chi connectivity index (χ1) is 13.5. The first-order valence-electron chi connectivity index (χ1n) is 10.1. The lowest BCUT2D eigenvalue weighted by Gasteiger charge is -2.22. The third-order valence-corrected chi connectivity index (χ3v) is 5.41. The molecule has 0 fully saturated rings. The lowest BCUT2D eigenvalue weighted by atomic mass is 9.92. The van der Waals surface area contributed by atoms with E-state index in [1.807, 2.05) is 0 Å². The molecule has 4 rings (SSSR count). The summed E-state index contributed by atoms with van der Waals surface area (Å²) in [5, 5.41) is 0. The van der Waals surface area contributed by atoms with Crippen molar-refractivity contribution < 1.29 is 0 Å². The number of rotatable bonds is 4. The Morgan fingerprint density at radius 2 is 1.39 bits per heavy atom. The molecular formula is C26H28N2. The Kier molecular flexibility index (Phi) is 4.80. The van der Waals surface area contributed by atoms with Crippen molar-refractivity contribution in [2.45, 2.75) is 46.5 Å².